The van der Waals surface area contributed by atoms with E-state index in [0.29, 0.717) is 19.6 Å². The van der Waals surface area contributed by atoms with Gasteiger partial charge in [0.1, 0.15) is 5.75 Å². The molecule has 0 bridgehead atoms. The normalized spacial score (nSPS) is 11.3. The molecule has 1 amide bonds. The van der Waals surface area contributed by atoms with Crippen LogP contribution in [-0.4, -0.2) is 25.1 Å². The van der Waals surface area contributed by atoms with E-state index in [1.165, 1.54) is 3.57 Å². The van der Waals surface area contributed by atoms with Crippen LogP contribution in [0.5, 0.6) is 5.75 Å². The molecule has 0 aromatic heterocycles. The van der Waals surface area contributed by atoms with Crippen molar-refractivity contribution in [2.24, 2.45) is 5.73 Å². The largest absolute Gasteiger partial charge is 0.494 e. The highest BCUT2D eigenvalue weighted by molar-refractivity contribution is 14.1. The van der Waals surface area contributed by atoms with Gasteiger partial charge in [0.05, 0.1) is 6.61 Å². The number of nitrogens with one attached hydrogen (secondary N) is 1. The number of hydrogen-bond donors (Lipinski definition) is 2. The molecule has 1 unspecified atom stereocenters. The van der Waals surface area contributed by atoms with Gasteiger partial charge in [-0.1, -0.05) is 0 Å². The number of amides is 1. The zero-order valence-corrected chi connectivity index (χ0v) is 14.6. The summed E-state index contributed by atoms with van der Waals surface area (Å²) in [5, 5.41) is 2.84. The zero-order chi connectivity index (χ0) is 14.1. The van der Waals surface area contributed by atoms with E-state index in [-0.39, 0.29) is 24.4 Å². The Bertz CT molecular complexity index is 385. The summed E-state index contributed by atoms with van der Waals surface area (Å²) in [4.78, 5) is 11.5. The Balaban J connectivity index is 0.00000361. The Morgan fingerprint density at radius 3 is 2.65 bits per heavy atom. The molecular weight excluding hydrogens is 391 g/mol. The van der Waals surface area contributed by atoms with Crippen LogP contribution in [0.3, 0.4) is 0 Å². The molecule has 0 aliphatic carbocycles. The monoisotopic (exact) mass is 412 g/mol. The minimum Gasteiger partial charge on any atom is -0.494 e. The molecule has 3 N–H and O–H groups in total. The smallest absolute Gasteiger partial charge is 0.220 e. The molecule has 0 aliphatic rings. The van der Waals surface area contributed by atoms with Crippen molar-refractivity contribution >= 4 is 40.9 Å². The van der Waals surface area contributed by atoms with E-state index in [9.17, 15) is 4.79 Å². The lowest BCUT2D eigenvalue weighted by Gasteiger charge is -2.08. The molecular formula is C14H22ClIN2O2. The van der Waals surface area contributed by atoms with Crippen LogP contribution < -0.4 is 15.8 Å². The lowest BCUT2D eigenvalue weighted by Crippen LogP contribution is -2.28. The van der Waals surface area contributed by atoms with Crippen molar-refractivity contribution in [2.45, 2.75) is 32.2 Å². The summed E-state index contributed by atoms with van der Waals surface area (Å²) in [5.41, 5.74) is 5.60. The van der Waals surface area contributed by atoms with Gasteiger partial charge in [0.25, 0.3) is 0 Å². The molecule has 20 heavy (non-hydrogen) atoms. The predicted octanol–water partition coefficient (Wildman–Crippen LogP) is 2.73. The van der Waals surface area contributed by atoms with Crippen molar-refractivity contribution in [3.63, 3.8) is 0 Å². The summed E-state index contributed by atoms with van der Waals surface area (Å²) in [6.07, 6.45) is 2.02. The standard InChI is InChI=1S/C14H21IN2O2.ClH/c1-11(16)8-9-17-14(18)3-2-10-19-13-6-4-12(15)5-7-13;/h4-7,11H,2-3,8-10,16H2,1H3,(H,17,18);1H. The molecule has 1 rings (SSSR count). The summed E-state index contributed by atoms with van der Waals surface area (Å²) in [6, 6.07) is 7.99. The molecule has 0 fully saturated rings. The van der Waals surface area contributed by atoms with Crippen LogP contribution >= 0.6 is 35.0 Å². The molecule has 1 atom stereocenters. The Hall–Kier alpha value is -0.530. The summed E-state index contributed by atoms with van der Waals surface area (Å²) < 4.78 is 6.73. The molecule has 6 heteroatoms. The molecule has 0 radical (unpaired) electrons. The maximum absolute atomic E-state index is 11.5. The Morgan fingerprint density at radius 1 is 1.40 bits per heavy atom. The quantitative estimate of drug-likeness (QED) is 0.510. The lowest BCUT2D eigenvalue weighted by atomic mass is 10.2. The van der Waals surface area contributed by atoms with Gasteiger partial charge >= 0.3 is 0 Å². The third kappa shape index (κ3) is 9.39. The molecule has 0 spiro atoms. The second-order valence-corrected chi connectivity index (χ2v) is 5.77. The first-order chi connectivity index (χ1) is 9.08. The number of ether oxygens (including phenoxy) is 1. The van der Waals surface area contributed by atoms with Crippen LogP contribution in [0.2, 0.25) is 0 Å². The van der Waals surface area contributed by atoms with Gasteiger partial charge < -0.3 is 15.8 Å². The lowest BCUT2D eigenvalue weighted by molar-refractivity contribution is -0.121. The summed E-state index contributed by atoms with van der Waals surface area (Å²) in [6.45, 7) is 3.14. The second-order valence-electron chi connectivity index (χ2n) is 4.52. The molecule has 0 heterocycles. The van der Waals surface area contributed by atoms with E-state index in [0.717, 1.165) is 18.6 Å². The van der Waals surface area contributed by atoms with Crippen LogP contribution in [-0.2, 0) is 4.79 Å². The highest BCUT2D eigenvalue weighted by Crippen LogP contribution is 2.13. The van der Waals surface area contributed by atoms with Gasteiger partial charge in [-0.25, -0.2) is 0 Å². The van der Waals surface area contributed by atoms with Crippen LogP contribution in [0, 0.1) is 3.57 Å². The molecule has 0 saturated heterocycles. The molecule has 114 valence electrons. The Morgan fingerprint density at radius 2 is 2.05 bits per heavy atom. The average molecular weight is 413 g/mol. The molecule has 1 aromatic rings. The predicted molar refractivity (Wildman–Crippen MR) is 92.4 cm³/mol. The maximum atomic E-state index is 11.5. The van der Waals surface area contributed by atoms with Crippen molar-refractivity contribution < 1.29 is 9.53 Å². The third-order valence-electron chi connectivity index (χ3n) is 2.55. The van der Waals surface area contributed by atoms with Crippen LogP contribution in [0.4, 0.5) is 0 Å². The number of carbonyl (C=O) groups excluding carboxylic acids is 1. The highest BCUT2D eigenvalue weighted by atomic mass is 127. The number of rotatable bonds is 8. The van der Waals surface area contributed by atoms with E-state index in [1.807, 2.05) is 31.2 Å². The Labute approximate surface area is 140 Å². The van der Waals surface area contributed by atoms with E-state index in [4.69, 9.17) is 10.5 Å². The first-order valence-corrected chi connectivity index (χ1v) is 7.56. The number of nitrogens with two attached hydrogens (primary N) is 1. The number of hydrogen-bond acceptors (Lipinski definition) is 3. The highest BCUT2D eigenvalue weighted by Gasteiger charge is 2.02. The van der Waals surface area contributed by atoms with Crippen molar-refractivity contribution in [3.05, 3.63) is 27.8 Å². The van der Waals surface area contributed by atoms with Crippen LogP contribution in [0.15, 0.2) is 24.3 Å². The fourth-order valence-electron chi connectivity index (χ4n) is 1.48. The number of benzene rings is 1. The minimum atomic E-state index is 0. The first-order valence-electron chi connectivity index (χ1n) is 6.48. The van der Waals surface area contributed by atoms with Crippen molar-refractivity contribution in [1.29, 1.82) is 0 Å². The topological polar surface area (TPSA) is 64.3 Å². The fourth-order valence-corrected chi connectivity index (χ4v) is 1.84. The summed E-state index contributed by atoms with van der Waals surface area (Å²) >= 11 is 2.25. The molecule has 1 aromatic carbocycles. The van der Waals surface area contributed by atoms with Gasteiger partial charge in [0.15, 0.2) is 0 Å². The van der Waals surface area contributed by atoms with Gasteiger partial charge in [0, 0.05) is 22.6 Å². The van der Waals surface area contributed by atoms with Gasteiger partial charge in [-0.05, 0) is 66.6 Å². The summed E-state index contributed by atoms with van der Waals surface area (Å²) in [5.74, 6) is 0.907. The van der Waals surface area contributed by atoms with E-state index in [2.05, 4.69) is 27.9 Å². The SMILES string of the molecule is CC(N)CCNC(=O)CCCOc1ccc(I)cc1.Cl. The van der Waals surface area contributed by atoms with Crippen molar-refractivity contribution in [1.82, 2.24) is 5.32 Å². The molecule has 0 aliphatic heterocycles. The Kier molecular flexibility index (Phi) is 10.9. The third-order valence-corrected chi connectivity index (χ3v) is 3.27. The van der Waals surface area contributed by atoms with Gasteiger partial charge in [0.2, 0.25) is 5.91 Å². The zero-order valence-electron chi connectivity index (χ0n) is 11.6. The van der Waals surface area contributed by atoms with Gasteiger partial charge in [-0.15, -0.1) is 12.4 Å². The second kappa shape index (κ2) is 11.2. The minimum absolute atomic E-state index is 0. The maximum Gasteiger partial charge on any atom is 0.220 e. The molecule has 4 nitrogen and oxygen atoms in total. The molecule has 0 saturated carbocycles. The summed E-state index contributed by atoms with van der Waals surface area (Å²) in [7, 11) is 0. The van der Waals surface area contributed by atoms with Crippen LogP contribution in [0.25, 0.3) is 0 Å². The van der Waals surface area contributed by atoms with E-state index in [1.54, 1.807) is 0 Å². The van der Waals surface area contributed by atoms with Crippen molar-refractivity contribution in [2.75, 3.05) is 13.2 Å². The number of halogens is 2. The first kappa shape index (κ1) is 19.5. The van der Waals surface area contributed by atoms with E-state index >= 15 is 0 Å². The average Bonchev–Trinajstić information content (AvgIpc) is 2.36. The van der Waals surface area contributed by atoms with E-state index < -0.39 is 0 Å². The van der Waals surface area contributed by atoms with Gasteiger partial charge in [-0.3, -0.25) is 4.79 Å². The van der Waals surface area contributed by atoms with Crippen molar-refractivity contribution in [3.8, 4) is 5.75 Å². The van der Waals surface area contributed by atoms with Crippen LogP contribution in [0.1, 0.15) is 26.2 Å². The number of carbonyl (C=O) groups is 1. The van der Waals surface area contributed by atoms with Gasteiger partial charge in [-0.2, -0.15) is 0 Å². The fraction of sp³-hybridized carbons (Fsp3) is 0.500.